The molecule has 0 amide bonds. The van der Waals surface area contributed by atoms with Crippen molar-refractivity contribution in [1.29, 1.82) is 0 Å². The van der Waals surface area contributed by atoms with E-state index < -0.39 is 0 Å². The highest BCUT2D eigenvalue weighted by Gasteiger charge is 2.12. The Balaban J connectivity index is 1.87. The Morgan fingerprint density at radius 2 is 2.29 bits per heavy atom. The fraction of sp³-hybridized carbons (Fsp3) is 1.00. The van der Waals surface area contributed by atoms with Crippen LogP contribution in [0.2, 0.25) is 0 Å². The first kappa shape index (κ1) is 12.0. The van der Waals surface area contributed by atoms with Crippen LogP contribution in [0.5, 0.6) is 0 Å². The number of ether oxygens (including phenoxy) is 2. The predicted octanol–water partition coefficient (Wildman–Crippen LogP) is 1.78. The Kier molecular flexibility index (Phi) is 6.15. The van der Waals surface area contributed by atoms with Gasteiger partial charge in [0.05, 0.1) is 12.7 Å². The third-order valence-electron chi connectivity index (χ3n) is 2.48. The van der Waals surface area contributed by atoms with E-state index in [1.54, 1.807) is 0 Å². The van der Waals surface area contributed by atoms with Crippen molar-refractivity contribution in [2.75, 3.05) is 26.5 Å². The third kappa shape index (κ3) is 5.58. The molecule has 3 nitrogen and oxygen atoms in total. The van der Waals surface area contributed by atoms with Crippen LogP contribution in [-0.2, 0) is 9.47 Å². The fourth-order valence-corrected chi connectivity index (χ4v) is 1.56. The Bertz CT molecular complexity index is 133. The molecule has 0 radical (unpaired) electrons. The molecule has 1 unspecified atom stereocenters. The summed E-state index contributed by atoms with van der Waals surface area (Å²) < 4.78 is 10.5. The number of rotatable bonds is 6. The smallest absolute Gasteiger partial charge is 0.147 e. The molecule has 1 heterocycles. The molecule has 1 fully saturated rings. The van der Waals surface area contributed by atoms with E-state index >= 15 is 0 Å². The highest BCUT2D eigenvalue weighted by molar-refractivity contribution is 4.63. The summed E-state index contributed by atoms with van der Waals surface area (Å²) in [6.07, 6.45) is 3.96. The summed E-state index contributed by atoms with van der Waals surface area (Å²) in [5.41, 5.74) is 0. The molecular weight excluding hydrogens is 178 g/mol. The van der Waals surface area contributed by atoms with Gasteiger partial charge in [0.15, 0.2) is 0 Å². The highest BCUT2D eigenvalue weighted by Crippen LogP contribution is 2.05. The van der Waals surface area contributed by atoms with Gasteiger partial charge in [0.25, 0.3) is 0 Å². The first-order chi connectivity index (χ1) is 6.79. The zero-order valence-electron chi connectivity index (χ0n) is 9.42. The lowest BCUT2D eigenvalue weighted by atomic mass is 10.1. The van der Waals surface area contributed by atoms with Crippen LogP contribution in [0, 0.1) is 5.92 Å². The highest BCUT2D eigenvalue weighted by atomic mass is 16.7. The molecule has 84 valence electrons. The van der Waals surface area contributed by atoms with E-state index in [1.807, 2.05) is 0 Å². The van der Waals surface area contributed by atoms with Gasteiger partial charge in [-0.3, -0.25) is 0 Å². The summed E-state index contributed by atoms with van der Waals surface area (Å²) in [6, 6.07) is 0. The molecule has 14 heavy (non-hydrogen) atoms. The number of hydrogen-bond acceptors (Lipinski definition) is 3. The molecule has 1 N–H and O–H groups in total. The molecular formula is C11H23NO2. The Morgan fingerprint density at radius 1 is 1.43 bits per heavy atom. The van der Waals surface area contributed by atoms with Crippen molar-refractivity contribution in [2.45, 2.75) is 39.2 Å². The summed E-state index contributed by atoms with van der Waals surface area (Å²) in [6.45, 7) is 7.93. The van der Waals surface area contributed by atoms with Crippen LogP contribution in [-0.4, -0.2) is 32.6 Å². The van der Waals surface area contributed by atoms with E-state index in [0.717, 1.165) is 32.0 Å². The molecule has 0 aromatic carbocycles. The molecule has 0 bridgehead atoms. The Labute approximate surface area is 87.2 Å². The first-order valence-electron chi connectivity index (χ1n) is 5.69. The molecule has 0 aromatic rings. The van der Waals surface area contributed by atoms with Crippen molar-refractivity contribution in [1.82, 2.24) is 5.32 Å². The monoisotopic (exact) mass is 201 g/mol. The van der Waals surface area contributed by atoms with Crippen LogP contribution in [0.15, 0.2) is 0 Å². The zero-order valence-corrected chi connectivity index (χ0v) is 9.42. The molecule has 0 aliphatic carbocycles. The zero-order chi connectivity index (χ0) is 10.2. The van der Waals surface area contributed by atoms with E-state index in [-0.39, 0.29) is 0 Å². The third-order valence-corrected chi connectivity index (χ3v) is 2.48. The summed E-state index contributed by atoms with van der Waals surface area (Å²) in [4.78, 5) is 0. The number of nitrogens with one attached hydrogen (secondary N) is 1. The second-order valence-electron chi connectivity index (χ2n) is 4.34. The fourth-order valence-electron chi connectivity index (χ4n) is 1.56. The average Bonchev–Trinajstić information content (AvgIpc) is 2.18. The summed E-state index contributed by atoms with van der Waals surface area (Å²) in [5.74, 6) is 0.816. The lowest BCUT2D eigenvalue weighted by Crippen LogP contribution is -2.34. The average molecular weight is 201 g/mol. The minimum Gasteiger partial charge on any atom is -0.355 e. The van der Waals surface area contributed by atoms with Crippen molar-refractivity contribution in [2.24, 2.45) is 5.92 Å². The van der Waals surface area contributed by atoms with Crippen LogP contribution < -0.4 is 5.32 Å². The lowest BCUT2D eigenvalue weighted by molar-refractivity contribution is -0.137. The van der Waals surface area contributed by atoms with Gasteiger partial charge in [-0.2, -0.15) is 0 Å². The van der Waals surface area contributed by atoms with Crippen molar-refractivity contribution in [3.63, 3.8) is 0 Å². The largest absolute Gasteiger partial charge is 0.355 e. The molecule has 1 aliphatic rings. The van der Waals surface area contributed by atoms with Gasteiger partial charge in [0.2, 0.25) is 0 Å². The molecule has 0 aromatic heterocycles. The van der Waals surface area contributed by atoms with Crippen LogP contribution in [0.3, 0.4) is 0 Å². The van der Waals surface area contributed by atoms with Gasteiger partial charge in [-0.25, -0.2) is 0 Å². The predicted molar refractivity (Wildman–Crippen MR) is 57.3 cm³/mol. The van der Waals surface area contributed by atoms with Crippen LogP contribution in [0.4, 0.5) is 0 Å². The topological polar surface area (TPSA) is 30.5 Å². The van der Waals surface area contributed by atoms with E-state index in [0.29, 0.717) is 12.9 Å². The van der Waals surface area contributed by atoms with Crippen molar-refractivity contribution >= 4 is 0 Å². The minimum atomic E-state index is 0.364. The SMILES string of the molecule is CC(C)CCCNCC1CCOCO1. The van der Waals surface area contributed by atoms with Crippen LogP contribution >= 0.6 is 0 Å². The molecule has 1 aliphatic heterocycles. The van der Waals surface area contributed by atoms with E-state index in [2.05, 4.69) is 19.2 Å². The van der Waals surface area contributed by atoms with Crippen LogP contribution in [0.1, 0.15) is 33.1 Å². The van der Waals surface area contributed by atoms with E-state index in [4.69, 9.17) is 9.47 Å². The minimum absolute atomic E-state index is 0.364. The molecule has 0 spiro atoms. The maximum atomic E-state index is 5.42. The van der Waals surface area contributed by atoms with Gasteiger partial charge in [-0.15, -0.1) is 0 Å². The van der Waals surface area contributed by atoms with Gasteiger partial charge in [0.1, 0.15) is 6.79 Å². The molecule has 1 saturated heterocycles. The maximum absolute atomic E-state index is 5.42. The van der Waals surface area contributed by atoms with E-state index in [9.17, 15) is 0 Å². The number of hydrogen-bond donors (Lipinski definition) is 1. The first-order valence-corrected chi connectivity index (χ1v) is 5.69. The molecule has 1 rings (SSSR count). The van der Waals surface area contributed by atoms with Crippen molar-refractivity contribution < 1.29 is 9.47 Å². The molecule has 3 heteroatoms. The second-order valence-corrected chi connectivity index (χ2v) is 4.34. The summed E-state index contributed by atoms with van der Waals surface area (Å²) in [5, 5.41) is 3.43. The standard InChI is InChI=1S/C11H23NO2/c1-10(2)4-3-6-12-8-11-5-7-13-9-14-11/h10-12H,3-9H2,1-2H3. The molecule has 0 saturated carbocycles. The van der Waals surface area contributed by atoms with Gasteiger partial charge < -0.3 is 14.8 Å². The van der Waals surface area contributed by atoms with Gasteiger partial charge in [-0.05, 0) is 31.7 Å². The molecule has 1 atom stereocenters. The van der Waals surface area contributed by atoms with Crippen molar-refractivity contribution in [3.8, 4) is 0 Å². The van der Waals surface area contributed by atoms with Gasteiger partial charge in [-0.1, -0.05) is 13.8 Å². The summed E-state index contributed by atoms with van der Waals surface area (Å²) >= 11 is 0. The van der Waals surface area contributed by atoms with Crippen LogP contribution in [0.25, 0.3) is 0 Å². The lowest BCUT2D eigenvalue weighted by Gasteiger charge is -2.23. The Hall–Kier alpha value is -0.120. The normalized spacial score (nSPS) is 22.9. The van der Waals surface area contributed by atoms with Gasteiger partial charge >= 0.3 is 0 Å². The quantitative estimate of drug-likeness (QED) is 0.664. The Morgan fingerprint density at radius 3 is 2.93 bits per heavy atom. The van der Waals surface area contributed by atoms with Gasteiger partial charge in [0, 0.05) is 6.54 Å². The summed E-state index contributed by atoms with van der Waals surface area (Å²) in [7, 11) is 0. The van der Waals surface area contributed by atoms with E-state index in [1.165, 1.54) is 12.8 Å². The maximum Gasteiger partial charge on any atom is 0.147 e. The van der Waals surface area contributed by atoms with Crippen molar-refractivity contribution in [3.05, 3.63) is 0 Å². The second kappa shape index (κ2) is 7.21.